The number of amides is 1. The Morgan fingerprint density at radius 2 is 1.91 bits per heavy atom. The number of carbonyl (C=O) groups is 3. The number of aliphatic hydroxyl groups is 1. The molecule has 1 aromatic heterocycles. The van der Waals surface area contributed by atoms with Crippen molar-refractivity contribution in [3.63, 3.8) is 0 Å². The van der Waals surface area contributed by atoms with Crippen LogP contribution in [0.2, 0.25) is 0 Å². The molecule has 1 N–H and O–H groups in total. The van der Waals surface area contributed by atoms with Crippen LogP contribution >= 0.6 is 11.3 Å². The van der Waals surface area contributed by atoms with Gasteiger partial charge in [-0.25, -0.2) is 9.78 Å². The molecule has 0 bridgehead atoms. The predicted octanol–water partition coefficient (Wildman–Crippen LogP) is 3.88. The quantitative estimate of drug-likeness (QED) is 0.264. The van der Waals surface area contributed by atoms with Gasteiger partial charge in [0.15, 0.2) is 5.13 Å². The van der Waals surface area contributed by atoms with Gasteiger partial charge in [-0.2, -0.15) is 0 Å². The van der Waals surface area contributed by atoms with E-state index in [1.54, 1.807) is 54.0 Å². The maximum atomic E-state index is 13.2. The van der Waals surface area contributed by atoms with Crippen molar-refractivity contribution < 1.29 is 29.0 Å². The van der Waals surface area contributed by atoms with Gasteiger partial charge >= 0.3 is 11.9 Å². The van der Waals surface area contributed by atoms with Crippen molar-refractivity contribution in [1.82, 2.24) is 4.98 Å². The van der Waals surface area contributed by atoms with Crippen LogP contribution < -0.4 is 9.64 Å². The number of rotatable bonds is 4. The van der Waals surface area contributed by atoms with Gasteiger partial charge < -0.3 is 14.6 Å². The Balaban J connectivity index is 1.65. The van der Waals surface area contributed by atoms with Crippen molar-refractivity contribution in [2.45, 2.75) is 25.5 Å². The summed E-state index contributed by atoms with van der Waals surface area (Å²) in [6, 6.07) is 10.7. The number of fused-ring (bicyclic) bond motifs is 1. The maximum absolute atomic E-state index is 13.2. The first-order valence-electron chi connectivity index (χ1n) is 10.6. The van der Waals surface area contributed by atoms with E-state index < -0.39 is 23.7 Å². The van der Waals surface area contributed by atoms with Gasteiger partial charge in [-0.05, 0) is 48.4 Å². The summed E-state index contributed by atoms with van der Waals surface area (Å²) in [7, 11) is 1.29. The van der Waals surface area contributed by atoms with Gasteiger partial charge in [-0.1, -0.05) is 12.1 Å². The molecule has 3 aromatic rings. The Bertz CT molecular complexity index is 1330. The van der Waals surface area contributed by atoms with Crippen LogP contribution in [-0.4, -0.2) is 41.0 Å². The lowest BCUT2D eigenvalue weighted by Gasteiger charge is -2.23. The Morgan fingerprint density at radius 1 is 1.18 bits per heavy atom. The number of nitrogens with zero attached hydrogens (tertiary/aromatic N) is 2. The molecule has 34 heavy (non-hydrogen) atoms. The monoisotopic (exact) mass is 476 g/mol. The summed E-state index contributed by atoms with van der Waals surface area (Å²) in [4.78, 5) is 43.6. The number of ketones is 1. The van der Waals surface area contributed by atoms with Crippen molar-refractivity contribution in [3.05, 3.63) is 81.9 Å². The molecular weight excluding hydrogens is 456 g/mol. The Morgan fingerprint density at radius 3 is 2.59 bits per heavy atom. The molecule has 1 fully saturated rings. The van der Waals surface area contributed by atoms with Crippen LogP contribution in [0.3, 0.4) is 0 Å². The second-order valence-electron chi connectivity index (χ2n) is 8.05. The number of ether oxygens (including phenoxy) is 2. The second kappa shape index (κ2) is 8.42. The normalized spacial score (nSPS) is 20.8. The summed E-state index contributed by atoms with van der Waals surface area (Å²) in [5.74, 6) is -1.63. The number of thiazole rings is 1. The molecule has 5 rings (SSSR count). The number of esters is 1. The number of Topliss-reactive ketones (excluding diaryl/α,β-unsaturated/α-hetero) is 1. The first-order chi connectivity index (χ1) is 16.4. The molecule has 172 valence electrons. The van der Waals surface area contributed by atoms with Gasteiger partial charge in [0.25, 0.3) is 5.78 Å². The fourth-order valence-corrected chi connectivity index (χ4v) is 4.99. The molecule has 8 nitrogen and oxygen atoms in total. The molecule has 0 radical (unpaired) electrons. The second-order valence-corrected chi connectivity index (χ2v) is 8.93. The third-order valence-electron chi connectivity index (χ3n) is 5.89. The summed E-state index contributed by atoms with van der Waals surface area (Å²) in [6.45, 7) is 1.96. The molecule has 2 aliphatic rings. The molecule has 0 saturated carbocycles. The van der Waals surface area contributed by atoms with Gasteiger partial charge in [0.1, 0.15) is 17.6 Å². The largest absolute Gasteiger partial charge is 0.507 e. The summed E-state index contributed by atoms with van der Waals surface area (Å²) in [6.07, 6.45) is 2.25. The van der Waals surface area contributed by atoms with E-state index in [-0.39, 0.29) is 17.4 Å². The Labute approximate surface area is 199 Å². The summed E-state index contributed by atoms with van der Waals surface area (Å²) in [5, 5.41) is 13.3. The molecule has 2 aromatic carbocycles. The van der Waals surface area contributed by atoms with Crippen molar-refractivity contribution in [2.24, 2.45) is 0 Å². The third kappa shape index (κ3) is 3.54. The molecule has 0 unspecified atom stereocenters. The summed E-state index contributed by atoms with van der Waals surface area (Å²) >= 11 is 1.21. The lowest BCUT2D eigenvalue weighted by Crippen LogP contribution is -2.29. The average Bonchev–Trinajstić information content (AvgIpc) is 3.56. The molecule has 9 heteroatoms. The van der Waals surface area contributed by atoms with Crippen LogP contribution in [0.15, 0.2) is 59.6 Å². The van der Waals surface area contributed by atoms with Crippen LogP contribution in [-0.2, 0) is 20.7 Å². The number of carbonyl (C=O) groups excluding carboxylic acids is 3. The number of methoxy groups -OCH3 is 1. The summed E-state index contributed by atoms with van der Waals surface area (Å²) in [5.41, 5.74) is 2.17. The zero-order valence-corrected chi connectivity index (χ0v) is 19.2. The van der Waals surface area contributed by atoms with Crippen molar-refractivity contribution in [2.75, 3.05) is 12.0 Å². The van der Waals surface area contributed by atoms with Crippen LogP contribution in [0.4, 0.5) is 5.13 Å². The van der Waals surface area contributed by atoms with Crippen molar-refractivity contribution in [3.8, 4) is 5.75 Å². The van der Waals surface area contributed by atoms with Gasteiger partial charge in [-0.15, -0.1) is 11.3 Å². The molecule has 0 aliphatic carbocycles. The zero-order valence-electron chi connectivity index (χ0n) is 18.3. The minimum Gasteiger partial charge on any atom is -0.507 e. The van der Waals surface area contributed by atoms with Gasteiger partial charge in [0.05, 0.1) is 24.3 Å². The fraction of sp³-hybridized carbons (Fsp3) is 0.200. The van der Waals surface area contributed by atoms with E-state index in [0.717, 1.165) is 11.3 Å². The van der Waals surface area contributed by atoms with Crippen LogP contribution in [0.25, 0.3) is 5.76 Å². The SMILES string of the molecule is COC(=O)c1ccc([C@H]2C(=C(O)c3ccc4c(c3)C[C@H](C)O4)C(=O)C(=O)N2c2nccs2)cc1. The number of anilines is 1. The van der Waals surface area contributed by atoms with Crippen molar-refractivity contribution >= 4 is 39.9 Å². The minimum absolute atomic E-state index is 0.0243. The van der Waals surface area contributed by atoms with E-state index in [9.17, 15) is 19.5 Å². The van der Waals surface area contributed by atoms with E-state index in [0.29, 0.717) is 28.2 Å². The van der Waals surface area contributed by atoms with E-state index in [1.807, 2.05) is 6.92 Å². The molecular formula is C25H20N2O6S. The molecule has 1 saturated heterocycles. The average molecular weight is 477 g/mol. The fourth-order valence-electron chi connectivity index (χ4n) is 4.32. The number of aliphatic hydroxyl groups excluding tert-OH is 1. The van der Waals surface area contributed by atoms with E-state index in [1.165, 1.54) is 23.3 Å². The molecule has 3 heterocycles. The predicted molar refractivity (Wildman–Crippen MR) is 125 cm³/mol. The number of aromatic nitrogens is 1. The van der Waals surface area contributed by atoms with Crippen LogP contribution in [0, 0.1) is 0 Å². The lowest BCUT2D eigenvalue weighted by atomic mass is 9.94. The first-order valence-corrected chi connectivity index (χ1v) is 11.5. The standard InChI is InChI=1S/C25H20N2O6S/c1-13-11-17-12-16(7-8-18(17)33-13)21(28)19-20(14-3-5-15(6-4-14)24(31)32-2)27(23(30)22(19)29)25-26-9-10-34-25/h3-10,12-13,20,28H,11H2,1-2H3/t13-,20-/m0/s1. The van der Waals surface area contributed by atoms with Gasteiger partial charge in [-0.3, -0.25) is 14.5 Å². The highest BCUT2D eigenvalue weighted by Gasteiger charge is 2.48. The Hall–Kier alpha value is -3.98. The smallest absolute Gasteiger partial charge is 0.337 e. The van der Waals surface area contributed by atoms with Gasteiger partial charge in [0.2, 0.25) is 0 Å². The molecule has 0 spiro atoms. The minimum atomic E-state index is -0.915. The number of hydrogen-bond acceptors (Lipinski definition) is 8. The van der Waals surface area contributed by atoms with E-state index >= 15 is 0 Å². The van der Waals surface area contributed by atoms with Crippen molar-refractivity contribution in [1.29, 1.82) is 0 Å². The van der Waals surface area contributed by atoms with E-state index in [4.69, 9.17) is 9.47 Å². The van der Waals surface area contributed by atoms with Crippen LogP contribution in [0.5, 0.6) is 5.75 Å². The third-order valence-corrected chi connectivity index (χ3v) is 6.66. The first kappa shape index (κ1) is 21.8. The lowest BCUT2D eigenvalue weighted by molar-refractivity contribution is -0.132. The van der Waals surface area contributed by atoms with E-state index in [2.05, 4.69) is 4.98 Å². The molecule has 2 aliphatic heterocycles. The highest BCUT2D eigenvalue weighted by Crippen LogP contribution is 2.43. The Kier molecular flexibility index (Phi) is 5.41. The molecule has 2 atom stereocenters. The maximum Gasteiger partial charge on any atom is 0.337 e. The summed E-state index contributed by atoms with van der Waals surface area (Å²) < 4.78 is 10.5. The number of hydrogen-bond donors (Lipinski definition) is 1. The zero-order chi connectivity index (χ0) is 24.0. The highest BCUT2D eigenvalue weighted by molar-refractivity contribution is 7.14. The highest BCUT2D eigenvalue weighted by atomic mass is 32.1. The van der Waals surface area contributed by atoms with Crippen LogP contribution in [0.1, 0.15) is 40.0 Å². The molecule has 1 amide bonds. The number of benzene rings is 2. The topological polar surface area (TPSA) is 106 Å². The van der Waals surface area contributed by atoms with Gasteiger partial charge in [0, 0.05) is 23.6 Å².